The number of nitrogens with one attached hydrogen (secondary N) is 1. The molecule has 0 bridgehead atoms. The van der Waals surface area contributed by atoms with E-state index in [-0.39, 0.29) is 0 Å². The van der Waals surface area contributed by atoms with Crippen molar-refractivity contribution in [1.82, 2.24) is 23.6 Å². The fourth-order valence-corrected chi connectivity index (χ4v) is 11.9. The average Bonchev–Trinajstić information content (AvgIpc) is 3.30. The Morgan fingerprint density at radius 3 is 1.25 bits per heavy atom. The predicted molar refractivity (Wildman–Crippen MR) is 336 cm³/mol. The van der Waals surface area contributed by atoms with Gasteiger partial charge in [-0.05, 0) is 107 Å². The van der Waals surface area contributed by atoms with Gasteiger partial charge in [0, 0.05) is 77.6 Å². The van der Waals surface area contributed by atoms with E-state index in [1.54, 1.807) is 18.2 Å². The molecular weight excluding hydrogens is 1120 g/mol. The summed E-state index contributed by atoms with van der Waals surface area (Å²) in [6.07, 6.45) is 0. The van der Waals surface area contributed by atoms with Crippen LogP contribution >= 0.6 is 0 Å². The zero-order valence-electron chi connectivity index (χ0n) is 47.9. The molecule has 0 spiro atoms. The molecule has 0 fully saturated rings. The molecule has 14 rings (SSSR count). The first-order valence-corrected chi connectivity index (χ1v) is 28.0. The van der Waals surface area contributed by atoms with Gasteiger partial charge in [-0.2, -0.15) is 10.5 Å². The quantitative estimate of drug-likeness (QED) is 0.0778. The van der Waals surface area contributed by atoms with Gasteiger partial charge < -0.3 is 18.7 Å². The van der Waals surface area contributed by atoms with E-state index in [1.807, 2.05) is 78.9 Å². The Balaban J connectivity index is 0.000000140. The van der Waals surface area contributed by atoms with Gasteiger partial charge in [-0.25, -0.2) is 40.4 Å². The van der Waals surface area contributed by atoms with E-state index >= 15 is 4.39 Å². The molecule has 1 N–H and O–H groups in total. The van der Waals surface area contributed by atoms with E-state index in [1.165, 1.54) is 53.9 Å². The monoisotopic (exact) mass is 1170 g/mol. The minimum atomic E-state index is -2.09. The fourth-order valence-electron chi connectivity index (χ4n) is 11.9. The van der Waals surface area contributed by atoms with E-state index in [9.17, 15) is 31.6 Å². The van der Waals surface area contributed by atoms with Gasteiger partial charge in [0.2, 0.25) is 11.4 Å². The topological polar surface area (TPSA) is 90.1 Å². The summed E-state index contributed by atoms with van der Waals surface area (Å²) in [7, 11) is 0. The maximum atomic E-state index is 15.6. The Bertz CT molecular complexity index is 5190. The molecule has 0 unspecified atom stereocenters. The van der Waals surface area contributed by atoms with Crippen molar-refractivity contribution in [3.05, 3.63) is 257 Å². The molecule has 16 heteroatoms. The Morgan fingerprint density at radius 1 is 0.409 bits per heavy atom. The van der Waals surface area contributed by atoms with Crippen molar-refractivity contribution in [1.29, 1.82) is 10.5 Å². The standard InChI is InChI=1S/C32H15F3N4.C24H16N2.C8F4N2.C8H19N/c1-37-31-23(17-36)32(30(35)28(33)29(31)34)39-25-14-8-6-12-20(25)22-15-21-19-11-5-7-13-24(19)38(26(21)16-27(22)39)18-9-3-2-4-10-18;1-2-8-16(9-3-1)26-23-13-7-5-11-18(23)20-14-19-17-10-4-6-12-21(17)25-22(19)15-24(20)26;1-14-8-3(2-13)4(9)5(10)6(11)7(8)12;1-6-9(7(2)3)8(4)5/h2-16H;1-15,25H;;7-8H,6H2,1-5H3. The molecule has 88 heavy (non-hydrogen) atoms. The minimum Gasteiger partial charge on any atom is -0.354 e. The molecule has 0 saturated heterocycles. The van der Waals surface area contributed by atoms with Crippen molar-refractivity contribution in [2.75, 3.05) is 6.54 Å². The molecule has 9 nitrogen and oxygen atoms in total. The van der Waals surface area contributed by atoms with Crippen molar-refractivity contribution < 1.29 is 30.7 Å². The SMILES string of the molecule is CCN(C(C)C)C(C)C.[C-]#[N+]c1c(F)c(F)c(F)c(-n2c3ccccc3c3cc4c5ccccc5n(-c5ccccc5)c4cc32)c1C#N.[C-]#[N+]c1c(F)c(F)c(F)c(F)c1C#N.c1ccc(-n2c3ccccc3c3cc4c(cc32)[nH]c2ccccc24)cc1. The lowest BCUT2D eigenvalue weighted by Gasteiger charge is -2.28. The van der Waals surface area contributed by atoms with Crippen LogP contribution in [-0.4, -0.2) is 42.2 Å². The highest BCUT2D eigenvalue weighted by atomic mass is 19.2. The van der Waals surface area contributed by atoms with Gasteiger partial charge in [0.05, 0.1) is 69.6 Å². The van der Waals surface area contributed by atoms with Crippen LogP contribution < -0.4 is 0 Å². The van der Waals surface area contributed by atoms with Crippen LogP contribution in [0.4, 0.5) is 42.1 Å². The first-order chi connectivity index (χ1) is 42.6. The molecule has 0 amide bonds. The van der Waals surface area contributed by atoms with E-state index in [0.717, 1.165) is 50.9 Å². The van der Waals surface area contributed by atoms with Crippen LogP contribution in [0.2, 0.25) is 0 Å². The highest BCUT2D eigenvalue weighted by molar-refractivity contribution is 6.20. The van der Waals surface area contributed by atoms with Crippen molar-refractivity contribution in [2.45, 2.75) is 46.7 Å². The number of nitriles is 2. The van der Waals surface area contributed by atoms with Crippen LogP contribution in [0.1, 0.15) is 45.7 Å². The normalized spacial score (nSPS) is 11.3. The zero-order valence-corrected chi connectivity index (χ0v) is 47.9. The molecule has 0 aliphatic heterocycles. The van der Waals surface area contributed by atoms with Gasteiger partial charge in [0.15, 0.2) is 40.7 Å². The fraction of sp³-hybridized carbons (Fsp3) is 0.111. The second kappa shape index (κ2) is 24.1. The molecule has 14 aromatic rings. The molecule has 4 aromatic heterocycles. The van der Waals surface area contributed by atoms with Crippen LogP contribution in [0, 0.1) is 76.5 Å². The largest absolute Gasteiger partial charge is 0.354 e. The second-order valence-corrected chi connectivity index (χ2v) is 21.2. The molecule has 4 heterocycles. The van der Waals surface area contributed by atoms with Gasteiger partial charge in [0.1, 0.15) is 5.56 Å². The molecule has 0 saturated carbocycles. The maximum Gasteiger partial charge on any atom is 0.245 e. The third-order valence-electron chi connectivity index (χ3n) is 15.7. The first kappa shape index (κ1) is 58.6. The van der Waals surface area contributed by atoms with E-state index in [4.69, 9.17) is 18.4 Å². The van der Waals surface area contributed by atoms with Gasteiger partial charge >= 0.3 is 0 Å². The molecule has 0 aliphatic carbocycles. The number of hydrogen-bond donors (Lipinski definition) is 1. The van der Waals surface area contributed by atoms with Crippen molar-refractivity contribution >= 4 is 98.6 Å². The number of hydrogen-bond acceptors (Lipinski definition) is 3. The van der Waals surface area contributed by atoms with Crippen LogP contribution in [0.5, 0.6) is 0 Å². The number of aromatic amines is 1. The summed E-state index contributed by atoms with van der Waals surface area (Å²) in [4.78, 5) is 11.5. The smallest absolute Gasteiger partial charge is 0.245 e. The van der Waals surface area contributed by atoms with Crippen molar-refractivity contribution in [3.63, 3.8) is 0 Å². The van der Waals surface area contributed by atoms with Gasteiger partial charge in [-0.3, -0.25) is 4.90 Å². The lowest BCUT2D eigenvalue weighted by Crippen LogP contribution is -2.36. The maximum absolute atomic E-state index is 15.6. The Kier molecular flexibility index (Phi) is 16.0. The summed E-state index contributed by atoms with van der Waals surface area (Å²) >= 11 is 0. The third kappa shape index (κ3) is 9.91. The zero-order chi connectivity index (χ0) is 62.2. The van der Waals surface area contributed by atoms with E-state index in [2.05, 4.69) is 154 Å². The second-order valence-electron chi connectivity index (χ2n) is 21.2. The molecule has 0 aliphatic rings. The number of aromatic nitrogens is 4. The molecule has 10 aromatic carbocycles. The number of fused-ring (bicyclic) bond motifs is 12. The van der Waals surface area contributed by atoms with Crippen LogP contribution in [0.25, 0.3) is 114 Å². The number of halogens is 7. The van der Waals surface area contributed by atoms with Crippen LogP contribution in [0.3, 0.4) is 0 Å². The molecule has 0 atom stereocenters. The van der Waals surface area contributed by atoms with E-state index < -0.39 is 68.9 Å². The van der Waals surface area contributed by atoms with Crippen molar-refractivity contribution in [3.8, 4) is 29.2 Å². The predicted octanol–water partition coefficient (Wildman–Crippen LogP) is 19.9. The van der Waals surface area contributed by atoms with Crippen molar-refractivity contribution in [2.24, 2.45) is 0 Å². The molecular formula is C72H50F7N9. The molecule has 0 radical (unpaired) electrons. The van der Waals surface area contributed by atoms with Gasteiger partial charge in [0.25, 0.3) is 0 Å². The first-order valence-electron chi connectivity index (χ1n) is 28.0. The summed E-state index contributed by atoms with van der Waals surface area (Å²) in [5.74, 6) is -12.9. The third-order valence-corrected chi connectivity index (χ3v) is 15.7. The Labute approximate surface area is 500 Å². The van der Waals surface area contributed by atoms with Gasteiger partial charge in [-0.1, -0.05) is 116 Å². The lowest BCUT2D eigenvalue weighted by molar-refractivity contribution is 0.185. The number of H-pyrrole nitrogens is 1. The summed E-state index contributed by atoms with van der Waals surface area (Å²) in [6.45, 7) is 26.1. The number of para-hydroxylation sites is 6. The van der Waals surface area contributed by atoms with E-state index in [0.29, 0.717) is 23.1 Å². The Hall–Kier alpha value is -11.2. The highest BCUT2D eigenvalue weighted by Gasteiger charge is 2.30. The lowest BCUT2D eigenvalue weighted by atomic mass is 10.1. The summed E-state index contributed by atoms with van der Waals surface area (Å²) < 4.78 is 101. The van der Waals surface area contributed by atoms with Crippen LogP contribution in [0.15, 0.2) is 182 Å². The average molecular weight is 1170 g/mol. The molecule has 432 valence electrons. The summed E-state index contributed by atoms with van der Waals surface area (Å²) in [5.41, 5.74) is 5.52. The number of rotatable bonds is 6. The number of nitrogens with zero attached hydrogens (tertiary/aromatic N) is 8. The highest BCUT2D eigenvalue weighted by Crippen LogP contribution is 2.43. The number of benzene rings is 10. The van der Waals surface area contributed by atoms with Crippen LogP contribution in [-0.2, 0) is 0 Å². The summed E-state index contributed by atoms with van der Waals surface area (Å²) in [6, 6.07) is 65.4. The Morgan fingerprint density at radius 2 is 0.795 bits per heavy atom. The van der Waals surface area contributed by atoms with Gasteiger partial charge in [-0.15, -0.1) is 0 Å². The minimum absolute atomic E-state index is 0.487. The summed E-state index contributed by atoms with van der Waals surface area (Å²) in [5, 5.41) is 26.8.